The van der Waals surface area contributed by atoms with Crippen molar-refractivity contribution in [2.24, 2.45) is 0 Å². The van der Waals surface area contributed by atoms with Crippen LogP contribution in [0, 0.1) is 11.8 Å². The Labute approximate surface area is 296 Å². The maximum atomic E-state index is 13.1. The van der Waals surface area contributed by atoms with Gasteiger partial charge in [0.15, 0.2) is 0 Å². The first kappa shape index (κ1) is 33.3. The van der Waals surface area contributed by atoms with E-state index in [1.807, 2.05) is 109 Å². The Morgan fingerprint density at radius 1 is 0.765 bits per heavy atom. The molecule has 10 heteroatoms. The molecule has 0 bridgehead atoms. The Morgan fingerprint density at radius 2 is 1.37 bits per heavy atom. The second-order valence-corrected chi connectivity index (χ2v) is 12.1. The molecule has 5 aromatic rings. The second kappa shape index (κ2) is 16.0. The van der Waals surface area contributed by atoms with Crippen molar-refractivity contribution in [3.63, 3.8) is 0 Å². The normalized spacial score (nSPS) is 15.5. The molecule has 0 N–H and O–H groups in total. The van der Waals surface area contributed by atoms with Crippen LogP contribution in [0.1, 0.15) is 50.0 Å². The molecule has 4 aromatic carbocycles. The summed E-state index contributed by atoms with van der Waals surface area (Å²) in [6.07, 6.45) is 0.516. The second-order valence-electron chi connectivity index (χ2n) is 12.1. The van der Waals surface area contributed by atoms with Gasteiger partial charge < -0.3 is 23.8 Å². The molecule has 3 heterocycles. The number of benzene rings is 4. The Hall–Kier alpha value is -6.18. The number of carbonyl (C=O) groups excluding carboxylic acids is 2. The van der Waals surface area contributed by atoms with Gasteiger partial charge >= 0.3 is 6.09 Å². The van der Waals surface area contributed by atoms with Crippen LogP contribution in [-0.2, 0) is 29.2 Å². The van der Waals surface area contributed by atoms with Crippen LogP contribution in [0.15, 0.2) is 116 Å². The Morgan fingerprint density at radius 3 is 2.02 bits per heavy atom. The predicted octanol–water partition coefficient (Wildman–Crippen LogP) is 6.20. The molecule has 0 aliphatic carbocycles. The van der Waals surface area contributed by atoms with Crippen LogP contribution in [0.25, 0.3) is 0 Å². The number of nitrogens with zero attached hydrogens (tertiary/aromatic N) is 4. The fraction of sp³-hybridized carbons (Fsp3) is 0.220. The van der Waals surface area contributed by atoms with Gasteiger partial charge in [0.2, 0.25) is 5.75 Å². The Kier molecular flexibility index (Phi) is 10.5. The molecule has 2 aliphatic heterocycles. The number of cyclic esters (lactones) is 1. The van der Waals surface area contributed by atoms with Crippen LogP contribution in [0.5, 0.6) is 11.6 Å². The number of aromatic nitrogens is 2. The number of ether oxygens (including phenoxy) is 4. The summed E-state index contributed by atoms with van der Waals surface area (Å²) in [4.78, 5) is 38.1. The monoisotopic (exact) mass is 680 g/mol. The quantitative estimate of drug-likeness (QED) is 0.161. The van der Waals surface area contributed by atoms with E-state index in [4.69, 9.17) is 18.9 Å². The van der Waals surface area contributed by atoms with E-state index in [1.54, 1.807) is 9.80 Å². The Balaban J connectivity index is 0.999. The van der Waals surface area contributed by atoms with E-state index in [2.05, 4.69) is 21.8 Å². The lowest BCUT2D eigenvalue weighted by molar-refractivity contribution is 0.0303. The molecule has 7 rings (SSSR count). The van der Waals surface area contributed by atoms with Gasteiger partial charge in [-0.2, -0.15) is 4.98 Å². The van der Waals surface area contributed by atoms with Crippen molar-refractivity contribution >= 4 is 12.0 Å². The highest BCUT2D eigenvalue weighted by atomic mass is 16.6. The average molecular weight is 681 g/mol. The highest BCUT2D eigenvalue weighted by Gasteiger charge is 2.34. The molecule has 1 unspecified atom stereocenters. The predicted molar refractivity (Wildman–Crippen MR) is 189 cm³/mol. The zero-order valence-corrected chi connectivity index (χ0v) is 27.9. The largest absolute Gasteiger partial charge is 0.482 e. The summed E-state index contributed by atoms with van der Waals surface area (Å²) in [6, 6.07) is 34.6. The van der Waals surface area contributed by atoms with Crippen LogP contribution in [0.2, 0.25) is 0 Å². The summed E-state index contributed by atoms with van der Waals surface area (Å²) in [6.45, 7) is 3.42. The van der Waals surface area contributed by atoms with Gasteiger partial charge in [-0.15, -0.1) is 0 Å². The molecule has 1 aromatic heterocycles. The zero-order valence-electron chi connectivity index (χ0n) is 27.9. The molecule has 1 atom stereocenters. The van der Waals surface area contributed by atoms with E-state index in [-0.39, 0.29) is 19.1 Å². The van der Waals surface area contributed by atoms with Crippen molar-refractivity contribution in [2.45, 2.75) is 25.9 Å². The molecule has 51 heavy (non-hydrogen) atoms. The molecule has 0 saturated carbocycles. The zero-order chi connectivity index (χ0) is 34.8. The molecule has 10 nitrogen and oxygen atoms in total. The van der Waals surface area contributed by atoms with E-state index < -0.39 is 12.2 Å². The van der Waals surface area contributed by atoms with E-state index >= 15 is 0 Å². The number of morpholine rings is 1. The number of carbonyl (C=O) groups is 2. The lowest BCUT2D eigenvalue weighted by atomic mass is 10.1. The van der Waals surface area contributed by atoms with E-state index in [1.165, 1.54) is 6.33 Å². The van der Waals surface area contributed by atoms with E-state index in [0.29, 0.717) is 62.3 Å². The summed E-state index contributed by atoms with van der Waals surface area (Å²) >= 11 is 0. The maximum Gasteiger partial charge on any atom is 0.410 e. The fourth-order valence-corrected chi connectivity index (χ4v) is 5.77. The van der Waals surface area contributed by atoms with Crippen molar-refractivity contribution in [1.29, 1.82) is 0 Å². The number of rotatable bonds is 10. The highest BCUT2D eigenvalue weighted by Crippen LogP contribution is 2.33. The molecule has 2 aliphatic rings. The molecule has 2 amide bonds. The Bertz CT molecular complexity index is 2010. The molecular weight excluding hydrogens is 644 g/mol. The van der Waals surface area contributed by atoms with Crippen molar-refractivity contribution in [2.75, 3.05) is 32.8 Å². The van der Waals surface area contributed by atoms with Crippen LogP contribution in [0.3, 0.4) is 0 Å². The van der Waals surface area contributed by atoms with Crippen molar-refractivity contribution in [3.05, 3.63) is 155 Å². The van der Waals surface area contributed by atoms with E-state index in [9.17, 15) is 9.59 Å². The van der Waals surface area contributed by atoms with Gasteiger partial charge in [0.1, 0.15) is 31.3 Å². The summed E-state index contributed by atoms with van der Waals surface area (Å²) in [7, 11) is 0. The van der Waals surface area contributed by atoms with Crippen LogP contribution < -0.4 is 9.47 Å². The van der Waals surface area contributed by atoms with Crippen LogP contribution in [-0.4, -0.2) is 64.6 Å². The van der Waals surface area contributed by atoms with Crippen molar-refractivity contribution in [3.8, 4) is 23.5 Å². The van der Waals surface area contributed by atoms with Gasteiger partial charge in [-0.1, -0.05) is 84.6 Å². The molecule has 2 saturated heterocycles. The topological polar surface area (TPSA) is 103 Å². The third-order valence-corrected chi connectivity index (χ3v) is 8.58. The summed E-state index contributed by atoms with van der Waals surface area (Å²) in [5.74, 6) is 7.03. The minimum Gasteiger partial charge on any atom is -0.482 e. The van der Waals surface area contributed by atoms with Gasteiger partial charge in [-0.05, 0) is 53.1 Å². The van der Waals surface area contributed by atoms with Gasteiger partial charge in [-0.25, -0.2) is 9.78 Å². The van der Waals surface area contributed by atoms with Gasteiger partial charge in [0, 0.05) is 29.8 Å². The number of hydrogen-bond acceptors (Lipinski definition) is 8. The molecular formula is C41H36N4O6. The van der Waals surface area contributed by atoms with Gasteiger partial charge in [0.25, 0.3) is 11.8 Å². The SMILES string of the molecule is O=C1OC(c2ccc(C#Cc3ccc(C(=O)N4CCOCC4)cc3)cc2)CN1Cc1ncnc(OCc2ccccc2)c1OCc1ccccc1. The fourth-order valence-electron chi connectivity index (χ4n) is 5.77. The maximum absolute atomic E-state index is 13.1. The summed E-state index contributed by atoms with van der Waals surface area (Å²) < 4.78 is 23.5. The smallest absolute Gasteiger partial charge is 0.410 e. The lowest BCUT2D eigenvalue weighted by Gasteiger charge is -2.26. The standard InChI is InChI=1S/C41H36N4O6/c46-40(44-21-23-48-24-22-44)35-19-15-31(16-20-35)12-11-30-13-17-34(18-14-30)37-26-45(41(47)51-37)25-36-38(49-27-32-7-3-1-4-8-32)39(43-29-42-36)50-28-33-9-5-2-6-10-33/h1-10,13-20,29,37H,21-28H2. The van der Waals surface area contributed by atoms with Crippen LogP contribution >= 0.6 is 0 Å². The van der Waals surface area contributed by atoms with Crippen molar-refractivity contribution in [1.82, 2.24) is 19.8 Å². The molecule has 0 radical (unpaired) electrons. The lowest BCUT2D eigenvalue weighted by Crippen LogP contribution is -2.40. The minimum absolute atomic E-state index is 0.00560. The first-order valence-corrected chi connectivity index (χ1v) is 16.8. The van der Waals surface area contributed by atoms with Crippen LogP contribution in [0.4, 0.5) is 4.79 Å². The van der Waals surface area contributed by atoms with E-state index in [0.717, 1.165) is 27.8 Å². The highest BCUT2D eigenvalue weighted by molar-refractivity contribution is 5.94. The molecule has 0 spiro atoms. The van der Waals surface area contributed by atoms with Crippen molar-refractivity contribution < 1.29 is 28.5 Å². The number of hydrogen-bond donors (Lipinski definition) is 0. The first-order valence-electron chi connectivity index (χ1n) is 16.8. The minimum atomic E-state index is -0.458. The number of amides is 2. The van der Waals surface area contributed by atoms with Gasteiger partial charge in [0.05, 0.1) is 26.3 Å². The third kappa shape index (κ3) is 8.52. The first-order chi connectivity index (χ1) is 25.1. The summed E-state index contributed by atoms with van der Waals surface area (Å²) in [5.41, 5.74) is 5.61. The summed E-state index contributed by atoms with van der Waals surface area (Å²) in [5, 5.41) is 0. The molecule has 2 fully saturated rings. The average Bonchev–Trinajstić information content (AvgIpc) is 3.56. The molecule has 256 valence electrons. The van der Waals surface area contributed by atoms with Gasteiger partial charge in [-0.3, -0.25) is 9.69 Å². The third-order valence-electron chi connectivity index (χ3n) is 8.58.